The van der Waals surface area contributed by atoms with Crippen LogP contribution in [0.5, 0.6) is 0 Å². The van der Waals surface area contributed by atoms with E-state index in [1.54, 1.807) is 0 Å². The fraction of sp³-hybridized carbons (Fsp3) is 0.571. The van der Waals surface area contributed by atoms with Crippen LogP contribution in [-0.4, -0.2) is 20.5 Å². The van der Waals surface area contributed by atoms with Crippen LogP contribution < -0.4 is 10.5 Å². The molecule has 1 rings (SSSR count). The SMILES string of the molecule is CC(C)CC(C)(CN)NS(=O)(=O)c1ccc(F)cc1C(F)(F)F. The third-order valence-corrected chi connectivity index (χ3v) is 4.92. The fourth-order valence-electron chi connectivity index (χ4n) is 2.41. The number of nitrogens with one attached hydrogen (secondary N) is 1. The van der Waals surface area contributed by atoms with Crippen molar-refractivity contribution < 1.29 is 26.0 Å². The molecule has 132 valence electrons. The lowest BCUT2D eigenvalue weighted by Crippen LogP contribution is -2.52. The van der Waals surface area contributed by atoms with E-state index in [4.69, 9.17) is 5.73 Å². The van der Waals surface area contributed by atoms with Gasteiger partial charge in [0.2, 0.25) is 10.0 Å². The summed E-state index contributed by atoms with van der Waals surface area (Å²) in [5.41, 5.74) is 2.93. The fourth-order valence-corrected chi connectivity index (χ4v) is 4.04. The second-order valence-corrected chi connectivity index (χ2v) is 7.76. The van der Waals surface area contributed by atoms with Crippen molar-refractivity contribution in [3.63, 3.8) is 0 Å². The minimum Gasteiger partial charge on any atom is -0.329 e. The number of hydrogen-bond acceptors (Lipinski definition) is 3. The Morgan fingerprint density at radius 3 is 2.26 bits per heavy atom. The Kier molecular flexibility index (Phi) is 5.82. The van der Waals surface area contributed by atoms with Gasteiger partial charge in [-0.1, -0.05) is 13.8 Å². The molecule has 1 atom stereocenters. The van der Waals surface area contributed by atoms with E-state index in [-0.39, 0.29) is 18.5 Å². The highest BCUT2D eigenvalue weighted by atomic mass is 32.2. The summed E-state index contributed by atoms with van der Waals surface area (Å²) in [7, 11) is -4.52. The molecular weight excluding hydrogens is 336 g/mol. The van der Waals surface area contributed by atoms with Gasteiger partial charge < -0.3 is 5.73 Å². The van der Waals surface area contributed by atoms with Gasteiger partial charge in [-0.15, -0.1) is 0 Å². The van der Waals surface area contributed by atoms with Crippen molar-refractivity contribution in [2.45, 2.75) is 43.8 Å². The first-order valence-electron chi connectivity index (χ1n) is 6.91. The molecule has 0 saturated heterocycles. The van der Waals surface area contributed by atoms with Crippen molar-refractivity contribution in [1.82, 2.24) is 4.72 Å². The lowest BCUT2D eigenvalue weighted by Gasteiger charge is -2.31. The van der Waals surface area contributed by atoms with Crippen LogP contribution in [0.2, 0.25) is 0 Å². The Bertz CT molecular complexity index is 659. The zero-order valence-corrected chi connectivity index (χ0v) is 13.9. The van der Waals surface area contributed by atoms with E-state index in [2.05, 4.69) is 4.72 Å². The molecule has 4 nitrogen and oxygen atoms in total. The number of halogens is 4. The molecule has 0 aliphatic heterocycles. The van der Waals surface area contributed by atoms with E-state index < -0.39 is 38.0 Å². The van der Waals surface area contributed by atoms with Crippen LogP contribution in [0.3, 0.4) is 0 Å². The summed E-state index contributed by atoms with van der Waals surface area (Å²) < 4.78 is 79.1. The van der Waals surface area contributed by atoms with Gasteiger partial charge in [-0.05, 0) is 37.5 Å². The molecule has 0 amide bonds. The molecule has 3 N–H and O–H groups in total. The monoisotopic (exact) mass is 356 g/mol. The molecule has 0 bridgehead atoms. The number of rotatable bonds is 6. The van der Waals surface area contributed by atoms with E-state index in [0.29, 0.717) is 18.6 Å². The molecule has 0 aliphatic rings. The molecular formula is C14H20F4N2O2S. The lowest BCUT2D eigenvalue weighted by atomic mass is 9.92. The summed E-state index contributed by atoms with van der Waals surface area (Å²) in [5, 5.41) is 0. The quantitative estimate of drug-likeness (QED) is 0.770. The maximum Gasteiger partial charge on any atom is 0.417 e. The summed E-state index contributed by atoms with van der Waals surface area (Å²) in [5.74, 6) is -1.10. The van der Waals surface area contributed by atoms with E-state index in [1.807, 2.05) is 13.8 Å². The van der Waals surface area contributed by atoms with Gasteiger partial charge in [0.15, 0.2) is 0 Å². The largest absolute Gasteiger partial charge is 0.417 e. The van der Waals surface area contributed by atoms with Gasteiger partial charge in [-0.3, -0.25) is 0 Å². The predicted molar refractivity (Wildman–Crippen MR) is 78.6 cm³/mol. The normalized spacial score (nSPS) is 15.7. The molecule has 0 heterocycles. The average molecular weight is 356 g/mol. The summed E-state index contributed by atoms with van der Waals surface area (Å²) in [4.78, 5) is -1.02. The van der Waals surface area contributed by atoms with E-state index in [0.717, 1.165) is 0 Å². The van der Waals surface area contributed by atoms with Crippen LogP contribution in [-0.2, 0) is 16.2 Å². The molecule has 23 heavy (non-hydrogen) atoms. The maximum absolute atomic E-state index is 13.1. The van der Waals surface area contributed by atoms with Crippen LogP contribution in [0.25, 0.3) is 0 Å². The molecule has 0 fully saturated rings. The second kappa shape index (κ2) is 6.74. The molecule has 9 heteroatoms. The second-order valence-electron chi connectivity index (χ2n) is 6.11. The van der Waals surface area contributed by atoms with Gasteiger partial charge >= 0.3 is 6.18 Å². The molecule has 1 aromatic rings. The van der Waals surface area contributed by atoms with Crippen molar-refractivity contribution in [1.29, 1.82) is 0 Å². The number of nitrogens with two attached hydrogens (primary N) is 1. The third kappa shape index (κ3) is 5.15. The van der Waals surface area contributed by atoms with Gasteiger partial charge in [-0.25, -0.2) is 17.5 Å². The first-order valence-corrected chi connectivity index (χ1v) is 8.40. The topological polar surface area (TPSA) is 72.2 Å². The highest BCUT2D eigenvalue weighted by molar-refractivity contribution is 7.89. The first kappa shape index (κ1) is 19.9. The minimum atomic E-state index is -5.00. The Morgan fingerprint density at radius 1 is 1.26 bits per heavy atom. The summed E-state index contributed by atoms with van der Waals surface area (Å²) in [6.45, 7) is 5.09. The first-order chi connectivity index (χ1) is 10.3. The van der Waals surface area contributed by atoms with E-state index in [9.17, 15) is 26.0 Å². The van der Waals surface area contributed by atoms with Crippen molar-refractivity contribution in [2.75, 3.05) is 6.54 Å². The highest BCUT2D eigenvalue weighted by Gasteiger charge is 2.39. The van der Waals surface area contributed by atoms with Crippen molar-refractivity contribution in [3.05, 3.63) is 29.6 Å². The van der Waals surface area contributed by atoms with Gasteiger partial charge in [0.1, 0.15) is 5.82 Å². The molecule has 1 unspecified atom stereocenters. The number of alkyl halides is 3. The summed E-state index contributed by atoms with van der Waals surface area (Å²) in [6, 6.07) is 1.44. The predicted octanol–water partition coefficient (Wildman–Crippen LogP) is 2.89. The Morgan fingerprint density at radius 2 is 1.83 bits per heavy atom. The maximum atomic E-state index is 13.1. The number of benzene rings is 1. The van der Waals surface area contributed by atoms with Crippen LogP contribution in [0.1, 0.15) is 32.8 Å². The van der Waals surface area contributed by atoms with Crippen LogP contribution >= 0.6 is 0 Å². The Balaban J connectivity index is 3.34. The van der Waals surface area contributed by atoms with Gasteiger partial charge in [0, 0.05) is 12.1 Å². The van der Waals surface area contributed by atoms with E-state index in [1.165, 1.54) is 6.92 Å². The number of hydrogen-bond donors (Lipinski definition) is 2. The lowest BCUT2D eigenvalue weighted by molar-refractivity contribution is -0.140. The molecule has 0 radical (unpaired) electrons. The van der Waals surface area contributed by atoms with Crippen molar-refractivity contribution in [2.24, 2.45) is 11.7 Å². The van der Waals surface area contributed by atoms with Crippen molar-refractivity contribution >= 4 is 10.0 Å². The highest BCUT2D eigenvalue weighted by Crippen LogP contribution is 2.35. The molecule has 0 saturated carbocycles. The zero-order valence-electron chi connectivity index (χ0n) is 13.0. The smallest absolute Gasteiger partial charge is 0.329 e. The standard InChI is InChI=1S/C14H20F4N2O2S/c1-9(2)7-13(3,8-19)20-23(21,22)12-5-4-10(15)6-11(12)14(16,17)18/h4-6,9,20H,7-8,19H2,1-3H3. The van der Waals surface area contributed by atoms with Crippen LogP contribution in [0.4, 0.5) is 17.6 Å². The van der Waals surface area contributed by atoms with Gasteiger partial charge in [0.05, 0.1) is 10.5 Å². The molecule has 0 aliphatic carbocycles. The minimum absolute atomic E-state index is 0.0709. The molecule has 0 spiro atoms. The third-order valence-electron chi connectivity index (χ3n) is 3.23. The van der Waals surface area contributed by atoms with Crippen LogP contribution in [0, 0.1) is 11.7 Å². The van der Waals surface area contributed by atoms with Gasteiger partial charge in [0.25, 0.3) is 0 Å². The average Bonchev–Trinajstić information content (AvgIpc) is 2.35. The zero-order chi connectivity index (χ0) is 18.1. The summed E-state index contributed by atoms with van der Waals surface area (Å²) in [6.07, 6.45) is -4.66. The Hall–Kier alpha value is -1.19. The van der Waals surface area contributed by atoms with Crippen molar-refractivity contribution in [3.8, 4) is 0 Å². The summed E-state index contributed by atoms with van der Waals surface area (Å²) >= 11 is 0. The number of sulfonamides is 1. The Labute approximate surface area is 133 Å². The van der Waals surface area contributed by atoms with Gasteiger partial charge in [-0.2, -0.15) is 13.2 Å². The van der Waals surface area contributed by atoms with Crippen LogP contribution in [0.15, 0.2) is 23.1 Å². The molecule has 0 aromatic heterocycles. The van der Waals surface area contributed by atoms with E-state index >= 15 is 0 Å². The molecule has 1 aromatic carbocycles.